The fraction of sp³-hybridized carbons (Fsp3) is 0.0909. The summed E-state index contributed by atoms with van der Waals surface area (Å²) in [7, 11) is -4.23. The van der Waals surface area contributed by atoms with Crippen LogP contribution in [0.4, 0.5) is 0 Å². The number of hydrogen-bond donors (Lipinski definition) is 0. The van der Waals surface area contributed by atoms with Crippen molar-refractivity contribution in [3.05, 3.63) is 71.8 Å². The molecule has 0 unspecified atom stereocenters. The molecule has 0 atom stereocenters. The van der Waals surface area contributed by atoms with Crippen LogP contribution < -0.4 is 8.37 Å². The summed E-state index contributed by atoms with van der Waals surface area (Å²) in [5, 5.41) is 3.90. The summed E-state index contributed by atoms with van der Waals surface area (Å²) < 4.78 is 35.9. The Bertz CT molecular complexity index is 1250. The molecule has 27 heavy (non-hydrogen) atoms. The van der Waals surface area contributed by atoms with Crippen LogP contribution in [0.25, 0.3) is 32.7 Å². The van der Waals surface area contributed by atoms with E-state index in [1.165, 1.54) is 0 Å². The summed E-state index contributed by atoms with van der Waals surface area (Å²) in [4.78, 5) is 0. The highest BCUT2D eigenvalue weighted by molar-refractivity contribution is 7.82. The maximum Gasteiger partial charge on any atom is 0.501 e. The van der Waals surface area contributed by atoms with E-state index in [1.54, 1.807) is 0 Å². The second kappa shape index (κ2) is 5.47. The Morgan fingerprint density at radius 3 is 1.52 bits per heavy atom. The van der Waals surface area contributed by atoms with E-state index < -0.39 is 10.4 Å². The normalized spacial score (nSPS) is 14.7. The van der Waals surface area contributed by atoms with Crippen LogP contribution in [0.3, 0.4) is 0 Å². The van der Waals surface area contributed by atoms with Crippen LogP contribution in [0.2, 0.25) is 0 Å². The molecule has 1 heterocycles. The van der Waals surface area contributed by atoms with Gasteiger partial charge in [-0.1, -0.05) is 48.5 Å². The Morgan fingerprint density at radius 1 is 0.667 bits per heavy atom. The molecule has 5 heteroatoms. The van der Waals surface area contributed by atoms with Gasteiger partial charge in [0, 0.05) is 11.1 Å². The molecule has 0 spiro atoms. The number of rotatable bonds is 0. The van der Waals surface area contributed by atoms with Crippen LogP contribution >= 0.6 is 0 Å². The molecule has 0 aromatic heterocycles. The van der Waals surface area contributed by atoms with Crippen molar-refractivity contribution in [3.8, 4) is 22.6 Å². The molecule has 0 amide bonds. The fourth-order valence-electron chi connectivity index (χ4n) is 3.87. The molecule has 4 nitrogen and oxygen atoms in total. The Labute approximate surface area is 157 Å². The molecule has 0 fully saturated rings. The zero-order chi connectivity index (χ0) is 18.8. The monoisotopic (exact) mass is 376 g/mol. The van der Waals surface area contributed by atoms with E-state index in [4.69, 9.17) is 8.37 Å². The minimum absolute atomic E-state index is 0.322. The third-order valence-electron chi connectivity index (χ3n) is 5.00. The summed E-state index contributed by atoms with van der Waals surface area (Å²) in [6.07, 6.45) is 0. The smallest absolute Gasteiger partial charge is 0.352 e. The Kier molecular flexibility index (Phi) is 3.27. The first-order valence-electron chi connectivity index (χ1n) is 8.63. The minimum Gasteiger partial charge on any atom is -0.352 e. The second-order valence-corrected chi connectivity index (χ2v) is 7.96. The molecule has 5 rings (SSSR count). The van der Waals surface area contributed by atoms with Gasteiger partial charge in [0.05, 0.1) is 0 Å². The zero-order valence-corrected chi connectivity index (χ0v) is 15.6. The molecule has 0 N–H and O–H groups in total. The third kappa shape index (κ3) is 2.39. The Hall–Kier alpha value is -3.05. The lowest BCUT2D eigenvalue weighted by Gasteiger charge is -2.15. The molecule has 4 aromatic rings. The quantitative estimate of drug-likeness (QED) is 0.418. The van der Waals surface area contributed by atoms with Crippen LogP contribution in [-0.4, -0.2) is 8.42 Å². The molecule has 134 valence electrons. The lowest BCUT2D eigenvalue weighted by atomic mass is 9.89. The van der Waals surface area contributed by atoms with Crippen LogP contribution in [0.15, 0.2) is 60.7 Å². The van der Waals surface area contributed by atoms with E-state index in [0.29, 0.717) is 11.5 Å². The number of aryl methyl sites for hydroxylation is 2. The number of fused-ring (bicyclic) bond motifs is 7. The van der Waals surface area contributed by atoms with E-state index in [-0.39, 0.29) is 0 Å². The maximum absolute atomic E-state index is 12.5. The van der Waals surface area contributed by atoms with Crippen molar-refractivity contribution in [3.63, 3.8) is 0 Å². The average Bonchev–Trinajstić information content (AvgIpc) is 2.76. The van der Waals surface area contributed by atoms with E-state index in [2.05, 4.69) is 0 Å². The molecule has 0 bridgehead atoms. The highest BCUT2D eigenvalue weighted by Crippen LogP contribution is 2.50. The SMILES string of the molecule is Cc1cc2ccccc2c2c1OS(=O)(=O)Oc1c(C)cc3ccccc3c1-2. The van der Waals surface area contributed by atoms with Gasteiger partial charge in [0.25, 0.3) is 0 Å². The first kappa shape index (κ1) is 16.1. The van der Waals surface area contributed by atoms with Gasteiger partial charge in [0.2, 0.25) is 0 Å². The van der Waals surface area contributed by atoms with Crippen LogP contribution in [0, 0.1) is 13.8 Å². The van der Waals surface area contributed by atoms with Gasteiger partial charge in [0.15, 0.2) is 11.5 Å². The Morgan fingerprint density at radius 2 is 1.07 bits per heavy atom. The summed E-state index contributed by atoms with van der Waals surface area (Å²) in [5.41, 5.74) is 2.99. The topological polar surface area (TPSA) is 52.6 Å². The van der Waals surface area contributed by atoms with Crippen molar-refractivity contribution in [2.24, 2.45) is 0 Å². The van der Waals surface area contributed by atoms with Gasteiger partial charge in [-0.05, 0) is 58.7 Å². The summed E-state index contributed by atoms with van der Waals surface area (Å²) in [6, 6.07) is 19.7. The van der Waals surface area contributed by atoms with Crippen molar-refractivity contribution >= 4 is 31.9 Å². The molecule has 4 aromatic carbocycles. The lowest BCUT2D eigenvalue weighted by Crippen LogP contribution is -2.16. The molecule has 1 aliphatic rings. The first-order chi connectivity index (χ1) is 12.9. The molecule has 0 saturated carbocycles. The summed E-state index contributed by atoms with van der Waals surface area (Å²) in [6.45, 7) is 3.70. The number of benzene rings is 4. The van der Waals surface area contributed by atoms with Gasteiger partial charge in [-0.15, -0.1) is 8.42 Å². The van der Waals surface area contributed by atoms with Crippen molar-refractivity contribution in [1.29, 1.82) is 0 Å². The number of hydrogen-bond acceptors (Lipinski definition) is 4. The molecular formula is C22H16O4S. The largest absolute Gasteiger partial charge is 0.501 e. The van der Waals surface area contributed by atoms with Crippen LogP contribution in [-0.2, 0) is 10.4 Å². The van der Waals surface area contributed by atoms with Gasteiger partial charge >= 0.3 is 10.4 Å². The van der Waals surface area contributed by atoms with Crippen molar-refractivity contribution in [2.45, 2.75) is 13.8 Å². The predicted octanol–water partition coefficient (Wildman–Crippen LogP) is 5.29. The molecule has 0 saturated heterocycles. The van der Waals surface area contributed by atoms with Gasteiger partial charge in [-0.2, -0.15) is 0 Å². The Balaban J connectivity index is 2.10. The van der Waals surface area contributed by atoms with Crippen molar-refractivity contribution in [1.82, 2.24) is 0 Å². The van der Waals surface area contributed by atoms with Gasteiger partial charge < -0.3 is 8.37 Å². The molecular weight excluding hydrogens is 360 g/mol. The van der Waals surface area contributed by atoms with Crippen LogP contribution in [0.1, 0.15) is 11.1 Å². The van der Waals surface area contributed by atoms with Crippen molar-refractivity contribution in [2.75, 3.05) is 0 Å². The fourth-order valence-corrected chi connectivity index (χ4v) is 4.74. The van der Waals surface area contributed by atoms with E-state index in [9.17, 15) is 8.42 Å². The predicted molar refractivity (Wildman–Crippen MR) is 107 cm³/mol. The lowest BCUT2D eigenvalue weighted by molar-refractivity contribution is 0.396. The third-order valence-corrected chi connectivity index (χ3v) is 5.74. The second-order valence-electron chi connectivity index (χ2n) is 6.81. The molecule has 0 radical (unpaired) electrons. The van der Waals surface area contributed by atoms with Gasteiger partial charge in [0.1, 0.15) is 0 Å². The highest BCUT2D eigenvalue weighted by atomic mass is 32.3. The molecule has 1 aliphatic heterocycles. The van der Waals surface area contributed by atoms with Crippen molar-refractivity contribution < 1.29 is 16.8 Å². The van der Waals surface area contributed by atoms with E-state index in [1.807, 2.05) is 74.5 Å². The van der Waals surface area contributed by atoms with E-state index >= 15 is 0 Å². The molecule has 0 aliphatic carbocycles. The summed E-state index contributed by atoms with van der Waals surface area (Å²) in [5.74, 6) is 0.645. The minimum atomic E-state index is -4.23. The first-order valence-corrected chi connectivity index (χ1v) is 9.97. The maximum atomic E-state index is 12.5. The van der Waals surface area contributed by atoms with E-state index in [0.717, 1.165) is 43.8 Å². The van der Waals surface area contributed by atoms with Gasteiger partial charge in [-0.3, -0.25) is 0 Å². The van der Waals surface area contributed by atoms with Gasteiger partial charge in [-0.25, -0.2) is 0 Å². The standard InChI is InChI=1S/C22H16O4S/c1-13-11-15-7-3-5-9-17(15)19-20-18-10-6-4-8-16(18)12-14(2)22(20)26-27(23,24)25-21(13)19/h3-12H,1-2H3. The average molecular weight is 376 g/mol. The summed E-state index contributed by atoms with van der Waals surface area (Å²) >= 11 is 0. The van der Waals surface area contributed by atoms with Crippen LogP contribution in [0.5, 0.6) is 11.5 Å². The zero-order valence-electron chi connectivity index (χ0n) is 14.8. The highest BCUT2D eigenvalue weighted by Gasteiger charge is 2.31.